The van der Waals surface area contributed by atoms with E-state index in [1.54, 1.807) is 6.20 Å². The molecule has 0 bridgehead atoms. The number of aromatic nitrogens is 1. The van der Waals surface area contributed by atoms with E-state index in [-0.39, 0.29) is 0 Å². The first kappa shape index (κ1) is 13.9. The first-order valence-corrected chi connectivity index (χ1v) is 6.23. The Kier molecular flexibility index (Phi) is 7.34. The van der Waals surface area contributed by atoms with Gasteiger partial charge in [0.05, 0.1) is 6.61 Å². The Bertz CT molecular complexity index is 305. The summed E-state index contributed by atoms with van der Waals surface area (Å²) in [5.41, 5.74) is 1.19. The van der Waals surface area contributed by atoms with Crippen molar-refractivity contribution in [1.29, 1.82) is 0 Å². The molecule has 17 heavy (non-hydrogen) atoms. The van der Waals surface area contributed by atoms with Gasteiger partial charge >= 0.3 is 0 Å². The number of rotatable bonds is 9. The average Bonchev–Trinajstić information content (AvgIpc) is 2.37. The van der Waals surface area contributed by atoms with E-state index in [0.29, 0.717) is 19.1 Å². The van der Waals surface area contributed by atoms with Gasteiger partial charge in [-0.3, -0.25) is 0 Å². The van der Waals surface area contributed by atoms with Crippen LogP contribution in [0.4, 0.5) is 0 Å². The molecule has 4 nitrogen and oxygen atoms in total. The molecule has 1 aromatic rings. The summed E-state index contributed by atoms with van der Waals surface area (Å²) in [6, 6.07) is 3.95. The minimum absolute atomic E-state index is 0.553. The molecule has 1 N–H and O–H groups in total. The van der Waals surface area contributed by atoms with Crippen LogP contribution in [0.2, 0.25) is 0 Å². The lowest BCUT2D eigenvalue weighted by Gasteiger charge is -2.07. The minimum Gasteiger partial charge on any atom is -0.475 e. The average molecular weight is 238 g/mol. The fourth-order valence-corrected chi connectivity index (χ4v) is 1.36. The second-order valence-electron chi connectivity index (χ2n) is 3.74. The van der Waals surface area contributed by atoms with Gasteiger partial charge in [0.25, 0.3) is 0 Å². The van der Waals surface area contributed by atoms with Gasteiger partial charge in [-0.25, -0.2) is 4.98 Å². The maximum atomic E-state index is 5.51. The summed E-state index contributed by atoms with van der Waals surface area (Å²) in [5.74, 6) is 0.667. The minimum atomic E-state index is 0.553. The molecular formula is C13H22N2O2. The monoisotopic (exact) mass is 238 g/mol. The standard InChI is InChI=1S/C13H22N2O2/c1-3-7-16-8-9-17-13-10-12(5-6-15-13)11-14-4-2/h5-6,10,14H,3-4,7-9,11H2,1-2H3. The summed E-state index contributed by atoms with van der Waals surface area (Å²) in [7, 11) is 0. The van der Waals surface area contributed by atoms with Gasteiger partial charge in [-0.2, -0.15) is 0 Å². The normalized spacial score (nSPS) is 10.5. The quantitative estimate of drug-likeness (QED) is 0.668. The third kappa shape index (κ3) is 6.24. The van der Waals surface area contributed by atoms with Gasteiger partial charge in [0, 0.05) is 25.4 Å². The predicted molar refractivity (Wildman–Crippen MR) is 68.2 cm³/mol. The number of nitrogens with one attached hydrogen (secondary N) is 1. The van der Waals surface area contributed by atoms with E-state index in [4.69, 9.17) is 9.47 Å². The Morgan fingerprint density at radius 1 is 1.24 bits per heavy atom. The lowest BCUT2D eigenvalue weighted by atomic mass is 10.2. The summed E-state index contributed by atoms with van der Waals surface area (Å²) in [6.07, 6.45) is 2.81. The predicted octanol–water partition coefficient (Wildman–Crippen LogP) is 2.00. The SMILES string of the molecule is CCCOCCOc1cc(CNCC)ccn1. The molecule has 1 aromatic heterocycles. The molecule has 0 fully saturated rings. The van der Waals surface area contributed by atoms with Crippen LogP contribution in [-0.4, -0.2) is 31.3 Å². The Morgan fingerprint density at radius 3 is 2.88 bits per heavy atom. The van der Waals surface area contributed by atoms with Crippen molar-refractivity contribution < 1.29 is 9.47 Å². The van der Waals surface area contributed by atoms with Crippen molar-refractivity contribution in [3.63, 3.8) is 0 Å². The summed E-state index contributed by atoms with van der Waals surface area (Å²) in [4.78, 5) is 4.16. The van der Waals surface area contributed by atoms with Crippen LogP contribution in [0.1, 0.15) is 25.8 Å². The topological polar surface area (TPSA) is 43.4 Å². The fourth-order valence-electron chi connectivity index (χ4n) is 1.36. The second kappa shape index (κ2) is 8.96. The van der Waals surface area contributed by atoms with Gasteiger partial charge in [0.15, 0.2) is 0 Å². The third-order valence-electron chi connectivity index (χ3n) is 2.20. The molecule has 0 spiro atoms. The van der Waals surface area contributed by atoms with Crippen molar-refractivity contribution in [1.82, 2.24) is 10.3 Å². The fraction of sp³-hybridized carbons (Fsp3) is 0.615. The first-order chi connectivity index (χ1) is 8.36. The van der Waals surface area contributed by atoms with Crippen LogP contribution in [0.3, 0.4) is 0 Å². The zero-order valence-corrected chi connectivity index (χ0v) is 10.7. The van der Waals surface area contributed by atoms with Crippen molar-refractivity contribution in [2.75, 3.05) is 26.4 Å². The van der Waals surface area contributed by atoms with Crippen LogP contribution >= 0.6 is 0 Å². The Labute approximate surface area is 103 Å². The molecule has 1 rings (SSSR count). The van der Waals surface area contributed by atoms with Crippen LogP contribution < -0.4 is 10.1 Å². The Hall–Kier alpha value is -1.13. The lowest BCUT2D eigenvalue weighted by molar-refractivity contribution is 0.0990. The molecule has 0 amide bonds. The molecule has 4 heteroatoms. The largest absolute Gasteiger partial charge is 0.475 e. The molecular weight excluding hydrogens is 216 g/mol. The van der Waals surface area contributed by atoms with E-state index in [9.17, 15) is 0 Å². The maximum Gasteiger partial charge on any atom is 0.213 e. The van der Waals surface area contributed by atoms with Gasteiger partial charge in [-0.15, -0.1) is 0 Å². The van der Waals surface area contributed by atoms with Crippen molar-refractivity contribution in [2.45, 2.75) is 26.8 Å². The zero-order chi connectivity index (χ0) is 12.3. The summed E-state index contributed by atoms with van der Waals surface area (Å²) in [6.45, 7) is 7.95. The van der Waals surface area contributed by atoms with Crippen molar-refractivity contribution >= 4 is 0 Å². The highest BCUT2D eigenvalue weighted by Crippen LogP contribution is 2.08. The molecule has 0 saturated heterocycles. The summed E-state index contributed by atoms with van der Waals surface area (Å²) >= 11 is 0. The van der Waals surface area contributed by atoms with E-state index in [1.165, 1.54) is 5.56 Å². The van der Waals surface area contributed by atoms with Crippen LogP contribution in [0.5, 0.6) is 5.88 Å². The van der Waals surface area contributed by atoms with Crippen molar-refractivity contribution in [2.24, 2.45) is 0 Å². The highest BCUT2D eigenvalue weighted by atomic mass is 16.5. The van der Waals surface area contributed by atoms with Gasteiger partial charge < -0.3 is 14.8 Å². The van der Waals surface area contributed by atoms with Crippen molar-refractivity contribution in [3.05, 3.63) is 23.9 Å². The Balaban J connectivity index is 2.27. The summed E-state index contributed by atoms with van der Waals surface area (Å²) in [5, 5.41) is 3.27. The molecule has 0 aromatic carbocycles. The molecule has 0 radical (unpaired) electrons. The highest BCUT2D eigenvalue weighted by molar-refractivity contribution is 5.20. The number of ether oxygens (including phenoxy) is 2. The molecule has 1 heterocycles. The maximum absolute atomic E-state index is 5.51. The van der Waals surface area contributed by atoms with Gasteiger partial charge in [0.1, 0.15) is 6.61 Å². The van der Waals surface area contributed by atoms with Crippen LogP contribution in [0.15, 0.2) is 18.3 Å². The number of pyridine rings is 1. The van der Waals surface area contributed by atoms with Gasteiger partial charge in [-0.1, -0.05) is 13.8 Å². The highest BCUT2D eigenvalue weighted by Gasteiger charge is 1.98. The zero-order valence-electron chi connectivity index (χ0n) is 10.7. The lowest BCUT2D eigenvalue weighted by Crippen LogP contribution is -2.12. The molecule has 0 aliphatic rings. The summed E-state index contributed by atoms with van der Waals surface area (Å²) < 4.78 is 10.8. The number of hydrogen-bond donors (Lipinski definition) is 1. The van der Waals surface area contributed by atoms with E-state index < -0.39 is 0 Å². The molecule has 0 unspecified atom stereocenters. The molecule has 96 valence electrons. The van der Waals surface area contributed by atoms with E-state index in [2.05, 4.69) is 24.1 Å². The molecule has 0 saturated carbocycles. The first-order valence-electron chi connectivity index (χ1n) is 6.23. The molecule has 0 atom stereocenters. The van der Waals surface area contributed by atoms with Crippen LogP contribution in [0, 0.1) is 0 Å². The van der Waals surface area contributed by atoms with Gasteiger partial charge in [0.2, 0.25) is 5.88 Å². The van der Waals surface area contributed by atoms with Crippen LogP contribution in [-0.2, 0) is 11.3 Å². The van der Waals surface area contributed by atoms with E-state index >= 15 is 0 Å². The smallest absolute Gasteiger partial charge is 0.213 e. The second-order valence-corrected chi connectivity index (χ2v) is 3.74. The van der Waals surface area contributed by atoms with E-state index in [1.807, 2.05) is 12.1 Å². The van der Waals surface area contributed by atoms with E-state index in [0.717, 1.165) is 26.1 Å². The molecule has 0 aliphatic carbocycles. The number of hydrogen-bond acceptors (Lipinski definition) is 4. The third-order valence-corrected chi connectivity index (χ3v) is 2.20. The molecule has 0 aliphatic heterocycles. The van der Waals surface area contributed by atoms with Gasteiger partial charge in [-0.05, 0) is 24.6 Å². The Morgan fingerprint density at radius 2 is 2.12 bits per heavy atom. The van der Waals surface area contributed by atoms with Crippen LogP contribution in [0.25, 0.3) is 0 Å². The van der Waals surface area contributed by atoms with Crippen molar-refractivity contribution in [3.8, 4) is 5.88 Å². The number of nitrogens with zero attached hydrogens (tertiary/aromatic N) is 1.